The number of para-hydroxylation sites is 1. The summed E-state index contributed by atoms with van der Waals surface area (Å²) in [5.74, 6) is 0.969. The van der Waals surface area contributed by atoms with Crippen LogP contribution in [0, 0.1) is 0 Å². The lowest BCUT2D eigenvalue weighted by Crippen LogP contribution is -2.24. The predicted octanol–water partition coefficient (Wildman–Crippen LogP) is 4.63. The SMILES string of the molecule is O=C(Nc1ccccc1)C1=C(N2CCCC2)c2ccccc2SCC1. The summed E-state index contributed by atoms with van der Waals surface area (Å²) >= 11 is 1.85. The smallest absolute Gasteiger partial charge is 0.253 e. The number of rotatable bonds is 3. The van der Waals surface area contributed by atoms with Gasteiger partial charge < -0.3 is 10.2 Å². The number of fused-ring (bicyclic) bond motifs is 1. The summed E-state index contributed by atoms with van der Waals surface area (Å²) in [6, 6.07) is 18.2. The highest BCUT2D eigenvalue weighted by molar-refractivity contribution is 7.99. The van der Waals surface area contributed by atoms with E-state index in [0.717, 1.165) is 42.2 Å². The van der Waals surface area contributed by atoms with Crippen LogP contribution in [0.5, 0.6) is 0 Å². The molecule has 0 spiro atoms. The minimum Gasteiger partial charge on any atom is -0.371 e. The maximum absolute atomic E-state index is 13.1. The molecule has 1 amide bonds. The first kappa shape index (κ1) is 16.3. The van der Waals surface area contributed by atoms with E-state index in [0.29, 0.717) is 0 Å². The van der Waals surface area contributed by atoms with Crippen molar-refractivity contribution in [2.45, 2.75) is 24.2 Å². The fraction of sp³-hybridized carbons (Fsp3) is 0.286. The second kappa shape index (κ2) is 7.36. The molecule has 25 heavy (non-hydrogen) atoms. The summed E-state index contributed by atoms with van der Waals surface area (Å²) < 4.78 is 0. The molecule has 1 fully saturated rings. The van der Waals surface area contributed by atoms with E-state index >= 15 is 0 Å². The average molecular weight is 350 g/mol. The van der Waals surface area contributed by atoms with Crippen molar-refractivity contribution in [3.63, 3.8) is 0 Å². The van der Waals surface area contributed by atoms with Gasteiger partial charge in [-0.05, 0) is 37.5 Å². The number of hydrogen-bond donors (Lipinski definition) is 1. The normalized spacial score (nSPS) is 17.2. The Morgan fingerprint density at radius 2 is 1.68 bits per heavy atom. The summed E-state index contributed by atoms with van der Waals surface area (Å²) in [5, 5.41) is 3.09. The summed E-state index contributed by atoms with van der Waals surface area (Å²) in [4.78, 5) is 16.8. The van der Waals surface area contributed by atoms with Gasteiger partial charge in [-0.1, -0.05) is 36.4 Å². The van der Waals surface area contributed by atoms with E-state index in [4.69, 9.17) is 0 Å². The Balaban J connectivity index is 1.76. The quantitative estimate of drug-likeness (QED) is 0.876. The fourth-order valence-electron chi connectivity index (χ4n) is 3.58. The molecule has 2 aromatic carbocycles. The molecule has 2 aromatic rings. The van der Waals surface area contributed by atoms with Gasteiger partial charge in [0.15, 0.2) is 0 Å². The second-order valence-electron chi connectivity index (χ2n) is 6.44. The standard InChI is InChI=1S/C21H22N2OS/c24-21(22-16-8-2-1-3-9-16)18-12-15-25-19-11-5-4-10-17(19)20(18)23-13-6-7-14-23/h1-5,8-11H,6-7,12-15H2,(H,22,24). The average Bonchev–Trinajstić information content (AvgIpc) is 3.10. The van der Waals surface area contributed by atoms with E-state index in [-0.39, 0.29) is 5.91 Å². The number of anilines is 1. The van der Waals surface area contributed by atoms with E-state index < -0.39 is 0 Å². The van der Waals surface area contributed by atoms with Crippen LogP contribution in [0.4, 0.5) is 5.69 Å². The highest BCUT2D eigenvalue weighted by Crippen LogP contribution is 2.39. The molecule has 1 saturated heterocycles. The topological polar surface area (TPSA) is 32.3 Å². The summed E-state index contributed by atoms with van der Waals surface area (Å²) in [6.45, 7) is 2.08. The van der Waals surface area contributed by atoms with Gasteiger partial charge in [-0.3, -0.25) is 4.79 Å². The Kier molecular flexibility index (Phi) is 4.79. The Bertz CT molecular complexity index is 795. The van der Waals surface area contributed by atoms with Crippen LogP contribution in [0.1, 0.15) is 24.8 Å². The van der Waals surface area contributed by atoms with Gasteiger partial charge in [-0.25, -0.2) is 0 Å². The first-order valence-corrected chi connectivity index (χ1v) is 9.88. The molecule has 2 aliphatic rings. The van der Waals surface area contributed by atoms with Gasteiger partial charge >= 0.3 is 0 Å². The lowest BCUT2D eigenvalue weighted by atomic mass is 10.0. The monoisotopic (exact) mass is 350 g/mol. The number of amides is 1. The number of nitrogens with zero attached hydrogens (tertiary/aromatic N) is 1. The third kappa shape index (κ3) is 3.45. The van der Waals surface area contributed by atoms with E-state index in [1.807, 2.05) is 42.1 Å². The summed E-state index contributed by atoms with van der Waals surface area (Å²) in [6.07, 6.45) is 3.20. The van der Waals surface area contributed by atoms with Crippen LogP contribution in [0.15, 0.2) is 65.1 Å². The molecule has 4 heteroatoms. The molecule has 3 nitrogen and oxygen atoms in total. The Labute approximate surface area is 153 Å². The molecule has 0 saturated carbocycles. The van der Waals surface area contributed by atoms with Gasteiger partial charge in [0.05, 0.1) is 5.70 Å². The minimum absolute atomic E-state index is 0.0328. The third-order valence-corrected chi connectivity index (χ3v) is 5.84. The highest BCUT2D eigenvalue weighted by atomic mass is 32.2. The Morgan fingerprint density at radius 1 is 0.960 bits per heavy atom. The van der Waals surface area contributed by atoms with Crippen molar-refractivity contribution in [3.05, 3.63) is 65.7 Å². The molecule has 0 atom stereocenters. The van der Waals surface area contributed by atoms with Gasteiger partial charge in [0.25, 0.3) is 5.91 Å². The third-order valence-electron chi connectivity index (χ3n) is 4.77. The van der Waals surface area contributed by atoms with Crippen LogP contribution >= 0.6 is 11.8 Å². The number of likely N-dealkylation sites (tertiary alicyclic amines) is 1. The number of nitrogens with one attached hydrogen (secondary N) is 1. The summed E-state index contributed by atoms with van der Waals surface area (Å²) in [7, 11) is 0. The Hall–Kier alpha value is -2.20. The second-order valence-corrected chi connectivity index (χ2v) is 7.57. The zero-order valence-corrected chi connectivity index (χ0v) is 15.0. The van der Waals surface area contributed by atoms with Crippen molar-refractivity contribution in [2.75, 3.05) is 24.2 Å². The first-order valence-electron chi connectivity index (χ1n) is 8.89. The minimum atomic E-state index is 0.0328. The predicted molar refractivity (Wildman–Crippen MR) is 105 cm³/mol. The van der Waals surface area contributed by atoms with Crippen molar-refractivity contribution in [1.29, 1.82) is 0 Å². The van der Waals surface area contributed by atoms with Crippen molar-refractivity contribution < 1.29 is 4.79 Å². The van der Waals surface area contributed by atoms with Gasteiger partial charge in [-0.15, -0.1) is 11.8 Å². The van der Waals surface area contributed by atoms with E-state index in [2.05, 4.69) is 34.5 Å². The molecule has 0 aliphatic carbocycles. The largest absolute Gasteiger partial charge is 0.371 e. The molecule has 0 unspecified atom stereocenters. The molecular formula is C21H22N2OS. The van der Waals surface area contributed by atoms with Gasteiger partial charge in [0.1, 0.15) is 0 Å². The number of carbonyl (C=O) groups excluding carboxylic acids is 1. The van der Waals surface area contributed by atoms with Crippen LogP contribution in [0.2, 0.25) is 0 Å². The van der Waals surface area contributed by atoms with Gasteiger partial charge in [-0.2, -0.15) is 0 Å². The van der Waals surface area contributed by atoms with Crippen LogP contribution in [-0.4, -0.2) is 29.6 Å². The maximum Gasteiger partial charge on any atom is 0.253 e. The van der Waals surface area contributed by atoms with Crippen molar-refractivity contribution in [1.82, 2.24) is 4.90 Å². The highest BCUT2D eigenvalue weighted by Gasteiger charge is 2.27. The molecule has 0 radical (unpaired) electrons. The Morgan fingerprint density at radius 3 is 2.48 bits per heavy atom. The van der Waals surface area contributed by atoms with Gasteiger partial charge in [0, 0.05) is 40.6 Å². The van der Waals surface area contributed by atoms with Crippen molar-refractivity contribution in [3.8, 4) is 0 Å². The van der Waals surface area contributed by atoms with Crippen molar-refractivity contribution in [2.24, 2.45) is 0 Å². The van der Waals surface area contributed by atoms with Gasteiger partial charge in [0.2, 0.25) is 0 Å². The number of hydrogen-bond acceptors (Lipinski definition) is 3. The molecule has 1 N–H and O–H groups in total. The van der Waals surface area contributed by atoms with Crippen LogP contribution < -0.4 is 5.32 Å². The maximum atomic E-state index is 13.1. The molecule has 2 heterocycles. The van der Waals surface area contributed by atoms with Crippen molar-refractivity contribution >= 4 is 29.1 Å². The first-order chi connectivity index (χ1) is 12.3. The fourth-order valence-corrected chi connectivity index (χ4v) is 4.60. The van der Waals surface area contributed by atoms with E-state index in [1.54, 1.807) is 0 Å². The lowest BCUT2D eigenvalue weighted by Gasteiger charge is -2.25. The van der Waals surface area contributed by atoms with Crippen LogP contribution in [0.3, 0.4) is 0 Å². The summed E-state index contributed by atoms with van der Waals surface area (Å²) in [5.41, 5.74) is 4.13. The molecule has 128 valence electrons. The molecular weight excluding hydrogens is 328 g/mol. The number of benzene rings is 2. The molecule has 4 rings (SSSR count). The van der Waals surface area contributed by atoms with Crippen LogP contribution in [0.25, 0.3) is 5.70 Å². The molecule has 0 aromatic heterocycles. The number of thioether (sulfide) groups is 1. The zero-order valence-electron chi connectivity index (χ0n) is 14.2. The van der Waals surface area contributed by atoms with E-state index in [1.165, 1.54) is 23.3 Å². The molecule has 2 aliphatic heterocycles. The molecule has 0 bridgehead atoms. The lowest BCUT2D eigenvalue weighted by molar-refractivity contribution is -0.112. The van der Waals surface area contributed by atoms with E-state index in [9.17, 15) is 4.79 Å². The zero-order chi connectivity index (χ0) is 17.1. The number of carbonyl (C=O) groups is 1. The van der Waals surface area contributed by atoms with Crippen LogP contribution in [-0.2, 0) is 4.79 Å².